The average molecular weight is 492 g/mol. The maximum absolute atomic E-state index is 13.0. The minimum absolute atomic E-state index is 0. The van der Waals surface area contributed by atoms with Crippen molar-refractivity contribution >= 4 is 29.9 Å². The maximum Gasteiger partial charge on any atom is 0.191 e. The number of halogens is 2. The Bertz CT molecular complexity index is 564. The number of hydrogen-bond donors (Lipinski definition) is 2. The van der Waals surface area contributed by atoms with Crippen LogP contribution in [0.25, 0.3) is 0 Å². The Balaban J connectivity index is 0.00000364. The normalized spacial score (nSPS) is 15.8. The van der Waals surface area contributed by atoms with Crippen LogP contribution >= 0.6 is 24.0 Å². The van der Waals surface area contributed by atoms with Gasteiger partial charge in [0, 0.05) is 46.9 Å². The first-order chi connectivity index (χ1) is 12.6. The van der Waals surface area contributed by atoms with Crippen LogP contribution in [0.2, 0.25) is 0 Å². The molecular weight excluding hydrogens is 458 g/mol. The number of methoxy groups -OCH3 is 1. The number of nitrogens with one attached hydrogen (secondary N) is 2. The maximum atomic E-state index is 13.0. The van der Waals surface area contributed by atoms with Gasteiger partial charge in [-0.1, -0.05) is 18.6 Å². The van der Waals surface area contributed by atoms with Crippen molar-refractivity contribution < 1.29 is 9.13 Å². The smallest absolute Gasteiger partial charge is 0.191 e. The Morgan fingerprint density at radius 3 is 2.52 bits per heavy atom. The van der Waals surface area contributed by atoms with Crippen molar-refractivity contribution in [3.8, 4) is 0 Å². The van der Waals surface area contributed by atoms with E-state index in [4.69, 9.17) is 4.74 Å². The van der Waals surface area contributed by atoms with Crippen LogP contribution in [0.15, 0.2) is 29.3 Å². The molecule has 7 heteroatoms. The van der Waals surface area contributed by atoms with E-state index >= 15 is 0 Å². The summed E-state index contributed by atoms with van der Waals surface area (Å²) in [5, 5.41) is 6.85. The summed E-state index contributed by atoms with van der Waals surface area (Å²) in [6.45, 7) is 4.26. The van der Waals surface area contributed by atoms with Crippen molar-refractivity contribution in [1.29, 1.82) is 0 Å². The number of guanidine groups is 1. The molecule has 0 heterocycles. The SMILES string of the molecule is CN=C(NCCN(C)Cc1ccc(F)cc1)NCC1(CCOC)CCC1.I. The summed E-state index contributed by atoms with van der Waals surface area (Å²) in [6.07, 6.45) is 4.95. The molecule has 0 saturated heterocycles. The number of aliphatic imine (C=N–C) groups is 1. The summed E-state index contributed by atoms with van der Waals surface area (Å²) in [4.78, 5) is 6.53. The van der Waals surface area contributed by atoms with Gasteiger partial charge in [0.1, 0.15) is 5.82 Å². The number of likely N-dealkylation sites (N-methyl/N-ethyl adjacent to an activating group) is 1. The number of nitrogens with zero attached hydrogens (tertiary/aromatic N) is 2. The highest BCUT2D eigenvalue weighted by molar-refractivity contribution is 14.0. The molecule has 1 saturated carbocycles. The Kier molecular flexibility index (Phi) is 11.2. The molecule has 0 radical (unpaired) electrons. The predicted molar refractivity (Wildman–Crippen MR) is 120 cm³/mol. The Morgan fingerprint density at radius 1 is 1.26 bits per heavy atom. The summed E-state index contributed by atoms with van der Waals surface area (Å²) in [5.74, 6) is 0.659. The second kappa shape index (κ2) is 12.5. The van der Waals surface area contributed by atoms with Crippen LogP contribution in [0.4, 0.5) is 4.39 Å². The molecule has 1 aromatic carbocycles. The van der Waals surface area contributed by atoms with Crippen molar-refractivity contribution in [2.24, 2.45) is 10.4 Å². The van der Waals surface area contributed by atoms with Gasteiger partial charge in [-0.25, -0.2) is 4.39 Å². The van der Waals surface area contributed by atoms with Crippen LogP contribution in [0.1, 0.15) is 31.2 Å². The second-order valence-electron chi connectivity index (χ2n) is 7.31. The largest absolute Gasteiger partial charge is 0.385 e. The van der Waals surface area contributed by atoms with Gasteiger partial charge in [0.2, 0.25) is 0 Å². The molecule has 5 nitrogen and oxygen atoms in total. The number of rotatable bonds is 10. The number of ether oxygens (including phenoxy) is 1. The topological polar surface area (TPSA) is 48.9 Å². The monoisotopic (exact) mass is 492 g/mol. The van der Waals surface area contributed by atoms with Gasteiger partial charge >= 0.3 is 0 Å². The molecule has 27 heavy (non-hydrogen) atoms. The highest BCUT2D eigenvalue weighted by atomic mass is 127. The molecule has 0 aliphatic heterocycles. The quantitative estimate of drug-likeness (QED) is 0.299. The van der Waals surface area contributed by atoms with Crippen molar-refractivity contribution in [2.45, 2.75) is 32.2 Å². The lowest BCUT2D eigenvalue weighted by Gasteiger charge is -2.42. The zero-order valence-electron chi connectivity index (χ0n) is 16.8. The molecule has 0 amide bonds. The third-order valence-electron chi connectivity index (χ3n) is 5.26. The van der Waals surface area contributed by atoms with Crippen molar-refractivity contribution in [2.75, 3.05) is 47.4 Å². The molecule has 2 rings (SSSR count). The van der Waals surface area contributed by atoms with Crippen molar-refractivity contribution in [3.63, 3.8) is 0 Å². The zero-order chi connectivity index (χ0) is 18.8. The molecule has 1 aliphatic carbocycles. The van der Waals surface area contributed by atoms with E-state index in [9.17, 15) is 4.39 Å². The predicted octanol–water partition coefficient (Wildman–Crippen LogP) is 3.25. The lowest BCUT2D eigenvalue weighted by atomic mass is 9.67. The molecule has 2 N–H and O–H groups in total. The fourth-order valence-electron chi connectivity index (χ4n) is 3.35. The van der Waals surface area contributed by atoms with Crippen LogP contribution in [0.5, 0.6) is 0 Å². The van der Waals surface area contributed by atoms with Crippen molar-refractivity contribution in [1.82, 2.24) is 15.5 Å². The molecule has 0 aromatic heterocycles. The van der Waals surface area contributed by atoms with E-state index in [2.05, 4.69) is 27.6 Å². The van der Waals surface area contributed by atoms with Gasteiger partial charge < -0.3 is 20.3 Å². The first kappa shape index (κ1) is 24.1. The second-order valence-corrected chi connectivity index (χ2v) is 7.31. The first-order valence-electron chi connectivity index (χ1n) is 9.43. The highest BCUT2D eigenvalue weighted by Crippen LogP contribution is 2.43. The van der Waals surface area contributed by atoms with Crippen LogP contribution < -0.4 is 10.6 Å². The molecule has 1 aliphatic rings. The van der Waals surface area contributed by atoms with E-state index in [1.54, 1.807) is 14.2 Å². The van der Waals surface area contributed by atoms with Crippen LogP contribution in [0.3, 0.4) is 0 Å². The molecule has 1 aromatic rings. The molecule has 154 valence electrons. The van der Waals surface area contributed by atoms with E-state index < -0.39 is 0 Å². The third-order valence-corrected chi connectivity index (χ3v) is 5.26. The Hall–Kier alpha value is -0.930. The van der Waals surface area contributed by atoms with Gasteiger partial charge in [-0.05, 0) is 49.4 Å². The molecule has 0 spiro atoms. The van der Waals surface area contributed by atoms with Gasteiger partial charge in [0.25, 0.3) is 0 Å². The summed E-state index contributed by atoms with van der Waals surface area (Å²) in [6, 6.07) is 6.68. The lowest BCUT2D eigenvalue weighted by Crippen LogP contribution is -2.48. The summed E-state index contributed by atoms with van der Waals surface area (Å²) < 4.78 is 18.2. The fourth-order valence-corrected chi connectivity index (χ4v) is 3.35. The van der Waals surface area contributed by atoms with Gasteiger partial charge in [-0.3, -0.25) is 4.99 Å². The van der Waals surface area contributed by atoms with Gasteiger partial charge in [0.15, 0.2) is 5.96 Å². The number of benzene rings is 1. The molecule has 0 bridgehead atoms. The zero-order valence-corrected chi connectivity index (χ0v) is 19.1. The summed E-state index contributed by atoms with van der Waals surface area (Å²) in [5.41, 5.74) is 1.48. The minimum atomic E-state index is -0.192. The van der Waals surface area contributed by atoms with Crippen molar-refractivity contribution in [3.05, 3.63) is 35.6 Å². The van der Waals surface area contributed by atoms with Crippen LogP contribution in [-0.2, 0) is 11.3 Å². The molecular formula is C20H34FIN4O. The van der Waals surface area contributed by atoms with Gasteiger partial charge in [-0.15, -0.1) is 24.0 Å². The van der Waals surface area contributed by atoms with Crippen LogP contribution in [-0.4, -0.2) is 58.3 Å². The summed E-state index contributed by atoms with van der Waals surface area (Å²) >= 11 is 0. The average Bonchev–Trinajstić information content (AvgIpc) is 2.60. The minimum Gasteiger partial charge on any atom is -0.385 e. The van der Waals surface area contributed by atoms with Gasteiger partial charge in [-0.2, -0.15) is 0 Å². The van der Waals surface area contributed by atoms with E-state index in [0.29, 0.717) is 5.41 Å². The molecule has 1 fully saturated rings. The highest BCUT2D eigenvalue weighted by Gasteiger charge is 2.36. The first-order valence-corrected chi connectivity index (χ1v) is 9.43. The van der Waals surface area contributed by atoms with E-state index in [1.165, 1.54) is 31.4 Å². The van der Waals surface area contributed by atoms with E-state index in [0.717, 1.165) is 50.7 Å². The van der Waals surface area contributed by atoms with E-state index in [1.807, 2.05) is 12.1 Å². The molecule has 0 atom stereocenters. The Morgan fingerprint density at radius 2 is 1.96 bits per heavy atom. The third kappa shape index (κ3) is 8.31. The Labute approximate surface area is 180 Å². The molecule has 0 unspecified atom stereocenters. The standard InChI is InChI=1S/C20H33FN4O.HI/c1-22-19(24-16-20(9-4-10-20)11-14-26-3)23-12-13-25(2)15-17-5-7-18(21)8-6-17;/h5-8H,4,9-16H2,1-3H3,(H2,22,23,24);1H. The number of hydrogen-bond acceptors (Lipinski definition) is 3. The summed E-state index contributed by atoms with van der Waals surface area (Å²) in [7, 11) is 5.64. The van der Waals surface area contributed by atoms with Crippen LogP contribution in [0, 0.1) is 11.2 Å². The fraction of sp³-hybridized carbons (Fsp3) is 0.650. The van der Waals surface area contributed by atoms with E-state index in [-0.39, 0.29) is 29.8 Å². The van der Waals surface area contributed by atoms with Gasteiger partial charge in [0.05, 0.1) is 0 Å². The lowest BCUT2D eigenvalue weighted by molar-refractivity contribution is 0.0732.